The lowest BCUT2D eigenvalue weighted by atomic mass is 9.45. The molecule has 0 aromatic heterocycles. The second-order valence-corrected chi connectivity index (χ2v) is 11.8. The van der Waals surface area contributed by atoms with E-state index < -0.39 is 20.7 Å². The molecule has 4 bridgehead atoms. The van der Waals surface area contributed by atoms with E-state index in [2.05, 4.69) is 4.72 Å². The quantitative estimate of drug-likeness (QED) is 0.449. The van der Waals surface area contributed by atoms with Crippen molar-refractivity contribution in [3.05, 3.63) is 59.9 Å². The molecule has 1 N–H and O–H groups in total. The third-order valence-electron chi connectivity index (χ3n) is 8.07. The first kappa shape index (κ1) is 23.0. The fourth-order valence-corrected chi connectivity index (χ4v) is 8.02. The average Bonchev–Trinajstić information content (AvgIpc) is 2.80. The van der Waals surface area contributed by atoms with E-state index in [0.29, 0.717) is 29.7 Å². The summed E-state index contributed by atoms with van der Waals surface area (Å²) in [4.78, 5) is 25.3. The highest BCUT2D eigenvalue weighted by Gasteiger charge is 2.59. The van der Waals surface area contributed by atoms with Crippen molar-refractivity contribution < 1.29 is 27.1 Å². The number of sulfonamides is 1. The van der Waals surface area contributed by atoms with Crippen LogP contribution in [0.5, 0.6) is 0 Å². The second-order valence-electron chi connectivity index (χ2n) is 10.1. The van der Waals surface area contributed by atoms with Crippen LogP contribution in [0.4, 0.5) is 10.1 Å². The van der Waals surface area contributed by atoms with Crippen LogP contribution in [0.15, 0.2) is 53.4 Å². The maximum atomic E-state index is 14.0. The summed E-state index contributed by atoms with van der Waals surface area (Å²) in [7, 11) is -2.67. The Morgan fingerprint density at radius 3 is 2.44 bits per heavy atom. The van der Waals surface area contributed by atoms with E-state index in [-0.39, 0.29) is 28.8 Å². The summed E-state index contributed by atoms with van der Waals surface area (Å²) < 4.78 is 46.8. The number of hydrogen-bond donors (Lipinski definition) is 1. The Bertz CT molecular complexity index is 1230. The Morgan fingerprint density at radius 1 is 1.06 bits per heavy atom. The second kappa shape index (κ2) is 8.48. The number of anilines is 1. The van der Waals surface area contributed by atoms with Crippen LogP contribution >= 0.6 is 0 Å². The minimum atomic E-state index is -4.12. The number of halogens is 1. The van der Waals surface area contributed by atoms with Gasteiger partial charge in [-0.1, -0.05) is 24.3 Å². The first-order valence-electron chi connectivity index (χ1n) is 11.7. The summed E-state index contributed by atoms with van der Waals surface area (Å²) in [6.07, 6.45) is 4.95. The summed E-state index contributed by atoms with van der Waals surface area (Å²) in [5, 5.41) is 0. The highest BCUT2D eigenvalue weighted by Crippen LogP contribution is 2.63. The van der Waals surface area contributed by atoms with E-state index in [0.717, 1.165) is 38.2 Å². The third-order valence-corrected chi connectivity index (χ3v) is 9.49. The van der Waals surface area contributed by atoms with Gasteiger partial charge in [-0.2, -0.15) is 0 Å². The lowest BCUT2D eigenvalue weighted by Crippen LogP contribution is -2.54. The molecule has 4 aliphatic rings. The van der Waals surface area contributed by atoms with Gasteiger partial charge in [0.2, 0.25) is 0 Å². The van der Waals surface area contributed by atoms with Crippen LogP contribution in [0.2, 0.25) is 0 Å². The Morgan fingerprint density at radius 2 is 1.76 bits per heavy atom. The van der Waals surface area contributed by atoms with Crippen LogP contribution < -0.4 is 4.72 Å². The molecule has 0 heterocycles. The van der Waals surface area contributed by atoms with Gasteiger partial charge in [0.15, 0.2) is 5.78 Å². The number of benzene rings is 2. The number of Topliss-reactive ketones (excluding diaryl/α,β-unsaturated/α-hetero) is 1. The Balaban J connectivity index is 1.31. The van der Waals surface area contributed by atoms with Crippen molar-refractivity contribution in [2.24, 2.45) is 29.1 Å². The van der Waals surface area contributed by atoms with Gasteiger partial charge in [-0.25, -0.2) is 12.8 Å². The summed E-state index contributed by atoms with van der Waals surface area (Å²) in [6, 6.07) is 11.5. The van der Waals surface area contributed by atoms with Crippen molar-refractivity contribution in [2.75, 3.05) is 11.8 Å². The molecule has 4 aliphatic carbocycles. The molecule has 2 aromatic rings. The minimum Gasteiger partial charge on any atom is -0.469 e. The van der Waals surface area contributed by atoms with Gasteiger partial charge in [0.1, 0.15) is 10.7 Å². The zero-order chi connectivity index (χ0) is 24.1. The van der Waals surface area contributed by atoms with E-state index in [1.54, 1.807) is 12.1 Å². The molecular formula is C26H28FNO5S. The van der Waals surface area contributed by atoms with Crippen LogP contribution in [-0.2, 0) is 19.6 Å². The van der Waals surface area contributed by atoms with Gasteiger partial charge in [-0.05, 0) is 80.0 Å². The molecule has 0 aliphatic heterocycles. The molecule has 34 heavy (non-hydrogen) atoms. The molecule has 6 nitrogen and oxygen atoms in total. The highest BCUT2D eigenvalue weighted by molar-refractivity contribution is 7.92. The molecule has 2 unspecified atom stereocenters. The number of ether oxygens (including phenoxy) is 1. The Kier molecular flexibility index (Phi) is 5.74. The van der Waals surface area contributed by atoms with Crippen molar-refractivity contribution in [1.29, 1.82) is 0 Å². The van der Waals surface area contributed by atoms with Crippen molar-refractivity contribution in [3.8, 4) is 0 Å². The zero-order valence-electron chi connectivity index (χ0n) is 19.0. The molecular weight excluding hydrogens is 457 g/mol. The number of esters is 1. The summed E-state index contributed by atoms with van der Waals surface area (Å²) in [6.45, 7) is 0. The number of nitrogens with one attached hydrogen (secondary N) is 1. The molecule has 0 radical (unpaired) electrons. The smallest absolute Gasteiger partial charge is 0.311 e. The maximum Gasteiger partial charge on any atom is 0.311 e. The molecule has 6 rings (SSSR count). The number of carbonyl (C=O) groups excluding carboxylic acids is 2. The largest absolute Gasteiger partial charge is 0.469 e. The molecule has 0 amide bonds. The van der Waals surface area contributed by atoms with Gasteiger partial charge < -0.3 is 4.74 Å². The third kappa shape index (κ3) is 4.02. The van der Waals surface area contributed by atoms with Crippen LogP contribution in [0, 0.1) is 34.9 Å². The fourth-order valence-electron chi connectivity index (χ4n) is 6.89. The van der Waals surface area contributed by atoms with E-state index in [9.17, 15) is 22.4 Å². The number of ketones is 1. The van der Waals surface area contributed by atoms with E-state index in [1.807, 2.05) is 0 Å². The van der Waals surface area contributed by atoms with Gasteiger partial charge in [0, 0.05) is 17.7 Å². The monoisotopic (exact) mass is 485 g/mol. The average molecular weight is 486 g/mol. The summed E-state index contributed by atoms with van der Waals surface area (Å²) in [5.74, 6) is 0.422. The van der Waals surface area contributed by atoms with Gasteiger partial charge in [0.05, 0.1) is 12.5 Å². The number of rotatable bonds is 7. The van der Waals surface area contributed by atoms with E-state index in [1.165, 1.54) is 37.4 Å². The molecule has 2 aromatic carbocycles. The first-order valence-corrected chi connectivity index (χ1v) is 13.2. The van der Waals surface area contributed by atoms with Crippen LogP contribution in [-0.4, -0.2) is 27.3 Å². The van der Waals surface area contributed by atoms with Crippen LogP contribution in [0.25, 0.3) is 0 Å². The summed E-state index contributed by atoms with van der Waals surface area (Å²) >= 11 is 0. The molecule has 180 valence electrons. The lowest BCUT2D eigenvalue weighted by Gasteiger charge is -2.58. The van der Waals surface area contributed by atoms with Crippen molar-refractivity contribution in [3.63, 3.8) is 0 Å². The van der Waals surface area contributed by atoms with E-state index in [4.69, 9.17) is 4.74 Å². The molecule has 2 atom stereocenters. The lowest BCUT2D eigenvalue weighted by molar-refractivity contribution is -0.174. The zero-order valence-corrected chi connectivity index (χ0v) is 19.8. The van der Waals surface area contributed by atoms with Gasteiger partial charge in [0.25, 0.3) is 10.0 Å². The molecule has 0 spiro atoms. The Labute approximate surface area is 198 Å². The molecule has 4 saturated carbocycles. The standard InChI is InChI=1S/C26H28FNO5S/c1-33-25(30)26-13-16-9-18(14-26)21(19(10-16)15-26)12-23(29)17-5-4-6-20(11-17)28-34(31,32)24-8-3-2-7-22(24)27/h2-8,11,16,18-19,21,28H,9-10,12-15H2,1H3. The summed E-state index contributed by atoms with van der Waals surface area (Å²) in [5.41, 5.74) is 0.254. The minimum absolute atomic E-state index is 0.0449. The number of methoxy groups -OCH3 is 1. The van der Waals surface area contributed by atoms with E-state index >= 15 is 0 Å². The van der Waals surface area contributed by atoms with Crippen LogP contribution in [0.1, 0.15) is 48.9 Å². The van der Waals surface area contributed by atoms with Crippen molar-refractivity contribution in [2.45, 2.75) is 43.4 Å². The fraction of sp³-hybridized carbons (Fsp3) is 0.462. The predicted molar refractivity (Wildman–Crippen MR) is 124 cm³/mol. The number of carbonyl (C=O) groups is 2. The molecule has 0 saturated heterocycles. The van der Waals surface area contributed by atoms with Gasteiger partial charge in [-0.15, -0.1) is 0 Å². The normalized spacial score (nSPS) is 29.6. The van der Waals surface area contributed by atoms with Crippen LogP contribution in [0.3, 0.4) is 0 Å². The topological polar surface area (TPSA) is 89.5 Å². The molecule has 8 heteroatoms. The SMILES string of the molecule is COC(=O)C12CC3CC(C1)C(CC(=O)c1cccc(NS(=O)(=O)c4ccccc4F)c1)C(C3)C2. The molecule has 4 fully saturated rings. The van der Waals surface area contributed by atoms with Crippen molar-refractivity contribution in [1.82, 2.24) is 0 Å². The maximum absolute atomic E-state index is 14.0. The van der Waals surface area contributed by atoms with Gasteiger partial charge >= 0.3 is 5.97 Å². The first-order chi connectivity index (χ1) is 16.2. The predicted octanol–water partition coefficient (Wildman–Crippen LogP) is 4.81. The van der Waals surface area contributed by atoms with Crippen molar-refractivity contribution >= 4 is 27.5 Å². The number of hydrogen-bond acceptors (Lipinski definition) is 5. The Hall–Kier alpha value is -2.74. The highest BCUT2D eigenvalue weighted by atomic mass is 32.2. The van der Waals surface area contributed by atoms with Gasteiger partial charge in [-0.3, -0.25) is 14.3 Å².